The van der Waals surface area contributed by atoms with Crippen molar-refractivity contribution in [1.82, 2.24) is 25.4 Å². The lowest BCUT2D eigenvalue weighted by molar-refractivity contribution is 0.594. The number of aromatic nitrogens is 3. The van der Waals surface area contributed by atoms with Gasteiger partial charge in [0.1, 0.15) is 17.5 Å². The number of nitrogens with one attached hydrogen (secondary N) is 2. The van der Waals surface area contributed by atoms with E-state index >= 15 is 0 Å². The van der Waals surface area contributed by atoms with Crippen molar-refractivity contribution in [2.24, 2.45) is 4.99 Å². The average molecular weight is 387 g/mol. The van der Waals surface area contributed by atoms with Gasteiger partial charge in [-0.1, -0.05) is 18.6 Å². The van der Waals surface area contributed by atoms with Gasteiger partial charge in [-0.2, -0.15) is 0 Å². The van der Waals surface area contributed by atoms with Crippen LogP contribution in [0.15, 0.2) is 23.2 Å². The van der Waals surface area contributed by atoms with Crippen LogP contribution in [0.2, 0.25) is 0 Å². The van der Waals surface area contributed by atoms with Gasteiger partial charge in [0.05, 0.1) is 6.54 Å². The van der Waals surface area contributed by atoms with Crippen LogP contribution in [0.1, 0.15) is 55.4 Å². The lowest BCUT2D eigenvalue weighted by atomic mass is 10.1. The Labute approximate surface area is 166 Å². The van der Waals surface area contributed by atoms with Crippen LogP contribution < -0.4 is 10.6 Å². The van der Waals surface area contributed by atoms with Crippen LogP contribution in [0.3, 0.4) is 0 Å². The number of guanidine groups is 1. The Balaban J connectivity index is 1.49. The van der Waals surface area contributed by atoms with E-state index in [2.05, 4.69) is 30.4 Å². The Morgan fingerprint density at radius 1 is 1.21 bits per heavy atom. The minimum absolute atomic E-state index is 0.177. The van der Waals surface area contributed by atoms with E-state index < -0.39 is 0 Å². The number of nitrogens with zero attached hydrogens (tertiary/aromatic N) is 4. The molecule has 0 aliphatic carbocycles. The van der Waals surface area contributed by atoms with Crippen molar-refractivity contribution in [3.05, 3.63) is 46.8 Å². The van der Waals surface area contributed by atoms with Gasteiger partial charge in [-0.3, -0.25) is 0 Å². The van der Waals surface area contributed by atoms with Crippen LogP contribution in [0.25, 0.3) is 0 Å². The maximum Gasteiger partial charge on any atom is 0.191 e. The molecule has 0 unspecified atom stereocenters. The van der Waals surface area contributed by atoms with E-state index in [1.54, 1.807) is 13.0 Å². The molecule has 1 aliphatic heterocycles. The van der Waals surface area contributed by atoms with Gasteiger partial charge >= 0.3 is 0 Å². The normalized spacial score (nSPS) is 14.5. The molecular weight excluding hydrogens is 355 g/mol. The van der Waals surface area contributed by atoms with E-state index in [0.29, 0.717) is 12.1 Å². The van der Waals surface area contributed by atoms with Crippen molar-refractivity contribution in [1.29, 1.82) is 0 Å². The summed E-state index contributed by atoms with van der Waals surface area (Å²) in [5.41, 5.74) is 1.65. The molecule has 0 saturated carbocycles. The molecule has 28 heavy (non-hydrogen) atoms. The van der Waals surface area contributed by atoms with Gasteiger partial charge in [0.15, 0.2) is 5.96 Å². The molecule has 1 aromatic heterocycles. The minimum Gasteiger partial charge on any atom is -0.357 e. The van der Waals surface area contributed by atoms with E-state index in [9.17, 15) is 4.39 Å². The molecule has 1 aromatic carbocycles. The molecule has 0 fully saturated rings. The molecule has 0 spiro atoms. The predicted octanol–water partition coefficient (Wildman–Crippen LogP) is 3.14. The average Bonchev–Trinajstić information content (AvgIpc) is 2.92. The summed E-state index contributed by atoms with van der Waals surface area (Å²) < 4.78 is 15.7. The standard InChI is InChI=1S/C21H31FN6/c1-3-23-21(25-15-17-10-11-18(22)16(2)14-17)24-12-7-9-20-27-26-19-8-5-4-6-13-28(19)20/h10-11,14H,3-9,12-13,15H2,1-2H3,(H2,23,24,25). The molecule has 0 bridgehead atoms. The molecule has 0 atom stereocenters. The summed E-state index contributed by atoms with van der Waals surface area (Å²) in [4.78, 5) is 4.61. The molecule has 1 aliphatic rings. The van der Waals surface area contributed by atoms with E-state index in [0.717, 1.165) is 62.1 Å². The summed E-state index contributed by atoms with van der Waals surface area (Å²) in [5, 5.41) is 15.4. The highest BCUT2D eigenvalue weighted by atomic mass is 19.1. The smallest absolute Gasteiger partial charge is 0.191 e. The lowest BCUT2D eigenvalue weighted by Crippen LogP contribution is -2.37. The second-order valence-electron chi connectivity index (χ2n) is 7.30. The lowest BCUT2D eigenvalue weighted by Gasteiger charge is -2.12. The second-order valence-corrected chi connectivity index (χ2v) is 7.30. The quantitative estimate of drug-likeness (QED) is 0.436. The summed E-state index contributed by atoms with van der Waals surface area (Å²) in [6.07, 6.45) is 6.65. The minimum atomic E-state index is -0.177. The molecule has 0 amide bonds. The van der Waals surface area contributed by atoms with Crippen molar-refractivity contribution >= 4 is 5.96 Å². The van der Waals surface area contributed by atoms with Crippen LogP contribution >= 0.6 is 0 Å². The van der Waals surface area contributed by atoms with Crippen molar-refractivity contribution in [3.63, 3.8) is 0 Å². The van der Waals surface area contributed by atoms with Crippen LogP contribution in [0, 0.1) is 12.7 Å². The molecule has 7 heteroatoms. The van der Waals surface area contributed by atoms with Crippen LogP contribution in [-0.4, -0.2) is 33.8 Å². The van der Waals surface area contributed by atoms with Crippen molar-refractivity contribution in [2.45, 2.75) is 65.5 Å². The van der Waals surface area contributed by atoms with Gasteiger partial charge in [0, 0.05) is 32.5 Å². The second kappa shape index (κ2) is 10.2. The van der Waals surface area contributed by atoms with Crippen molar-refractivity contribution in [3.8, 4) is 0 Å². The maximum atomic E-state index is 13.4. The fourth-order valence-corrected chi connectivity index (χ4v) is 3.50. The number of benzene rings is 1. The highest BCUT2D eigenvalue weighted by Gasteiger charge is 2.14. The molecule has 2 N–H and O–H groups in total. The summed E-state index contributed by atoms with van der Waals surface area (Å²) in [5.74, 6) is 2.85. The SMILES string of the molecule is CCNC(=NCc1ccc(F)c(C)c1)NCCCc1nnc2n1CCCCC2. The van der Waals surface area contributed by atoms with Gasteiger partial charge in [-0.25, -0.2) is 9.38 Å². The molecule has 3 rings (SSSR count). The fourth-order valence-electron chi connectivity index (χ4n) is 3.50. The summed E-state index contributed by atoms with van der Waals surface area (Å²) in [6.45, 7) is 7.00. The van der Waals surface area contributed by atoms with Gasteiger partial charge in [-0.05, 0) is 50.3 Å². The Bertz CT molecular complexity index is 798. The first-order valence-electron chi connectivity index (χ1n) is 10.4. The summed E-state index contributed by atoms with van der Waals surface area (Å²) in [6, 6.07) is 5.13. The first kappa shape index (κ1) is 20.3. The Kier molecular flexibility index (Phi) is 7.39. The van der Waals surface area contributed by atoms with Gasteiger partial charge in [-0.15, -0.1) is 10.2 Å². The number of halogens is 1. The zero-order valence-electron chi connectivity index (χ0n) is 17.0. The van der Waals surface area contributed by atoms with Crippen LogP contribution in [0.4, 0.5) is 4.39 Å². The third kappa shape index (κ3) is 5.53. The van der Waals surface area contributed by atoms with Crippen LogP contribution in [-0.2, 0) is 25.9 Å². The monoisotopic (exact) mass is 386 g/mol. The maximum absolute atomic E-state index is 13.4. The zero-order valence-corrected chi connectivity index (χ0v) is 17.0. The number of rotatable bonds is 7. The number of aliphatic imine (C=N–C) groups is 1. The molecule has 2 heterocycles. The van der Waals surface area contributed by atoms with Crippen molar-refractivity contribution in [2.75, 3.05) is 13.1 Å². The van der Waals surface area contributed by atoms with Gasteiger partial charge in [0.2, 0.25) is 0 Å². The molecular formula is C21H31FN6. The molecule has 2 aromatic rings. The molecule has 0 saturated heterocycles. The molecule has 152 valence electrons. The van der Waals surface area contributed by atoms with Crippen molar-refractivity contribution < 1.29 is 4.39 Å². The first-order valence-corrected chi connectivity index (χ1v) is 10.4. The Hall–Kier alpha value is -2.44. The van der Waals surface area contributed by atoms with E-state index in [1.165, 1.54) is 25.3 Å². The fraction of sp³-hybridized carbons (Fsp3) is 0.571. The van der Waals surface area contributed by atoms with E-state index in [4.69, 9.17) is 0 Å². The zero-order chi connectivity index (χ0) is 19.8. The highest BCUT2D eigenvalue weighted by molar-refractivity contribution is 5.79. The highest BCUT2D eigenvalue weighted by Crippen LogP contribution is 2.15. The number of hydrogen-bond donors (Lipinski definition) is 2. The molecule has 0 radical (unpaired) electrons. The third-order valence-electron chi connectivity index (χ3n) is 5.04. The Morgan fingerprint density at radius 3 is 2.93 bits per heavy atom. The summed E-state index contributed by atoms with van der Waals surface area (Å²) >= 11 is 0. The predicted molar refractivity (Wildman–Crippen MR) is 110 cm³/mol. The third-order valence-corrected chi connectivity index (χ3v) is 5.04. The molecule has 6 nitrogen and oxygen atoms in total. The topological polar surface area (TPSA) is 67.1 Å². The number of hydrogen-bond acceptors (Lipinski definition) is 3. The number of aryl methyl sites for hydroxylation is 3. The largest absolute Gasteiger partial charge is 0.357 e. The first-order chi connectivity index (χ1) is 13.7. The van der Waals surface area contributed by atoms with E-state index in [1.807, 2.05) is 13.0 Å². The van der Waals surface area contributed by atoms with Gasteiger partial charge < -0.3 is 15.2 Å². The number of fused-ring (bicyclic) bond motifs is 1. The van der Waals surface area contributed by atoms with Crippen LogP contribution in [0.5, 0.6) is 0 Å². The summed E-state index contributed by atoms with van der Waals surface area (Å²) in [7, 11) is 0. The van der Waals surface area contributed by atoms with E-state index in [-0.39, 0.29) is 5.82 Å². The van der Waals surface area contributed by atoms with Gasteiger partial charge in [0.25, 0.3) is 0 Å². The Morgan fingerprint density at radius 2 is 2.11 bits per heavy atom.